The molecular formula is C14H20N2O. The SMILES string of the molecule is C=C(NCCC)C1CNc2ccc(C)cc2O1. The second-order valence-electron chi connectivity index (χ2n) is 4.44. The molecule has 0 saturated carbocycles. The van der Waals surface area contributed by atoms with Crippen molar-refractivity contribution in [3.8, 4) is 5.75 Å². The summed E-state index contributed by atoms with van der Waals surface area (Å²) in [5, 5.41) is 6.66. The van der Waals surface area contributed by atoms with E-state index in [-0.39, 0.29) is 6.10 Å². The van der Waals surface area contributed by atoms with Crippen molar-refractivity contribution in [2.24, 2.45) is 0 Å². The molecule has 0 aromatic heterocycles. The molecule has 1 aromatic carbocycles. The van der Waals surface area contributed by atoms with E-state index < -0.39 is 0 Å². The molecule has 0 saturated heterocycles. The topological polar surface area (TPSA) is 33.3 Å². The van der Waals surface area contributed by atoms with Gasteiger partial charge in [-0.3, -0.25) is 0 Å². The molecule has 1 aliphatic rings. The highest BCUT2D eigenvalue weighted by Crippen LogP contribution is 2.30. The summed E-state index contributed by atoms with van der Waals surface area (Å²) in [6.07, 6.45) is 1.10. The summed E-state index contributed by atoms with van der Waals surface area (Å²) in [4.78, 5) is 0. The highest BCUT2D eigenvalue weighted by Gasteiger charge is 2.21. The zero-order chi connectivity index (χ0) is 12.3. The van der Waals surface area contributed by atoms with E-state index in [0.29, 0.717) is 0 Å². The van der Waals surface area contributed by atoms with E-state index in [4.69, 9.17) is 4.74 Å². The number of hydrogen-bond acceptors (Lipinski definition) is 3. The molecule has 1 unspecified atom stereocenters. The van der Waals surface area contributed by atoms with Gasteiger partial charge in [0.15, 0.2) is 6.10 Å². The molecule has 17 heavy (non-hydrogen) atoms. The lowest BCUT2D eigenvalue weighted by molar-refractivity contribution is 0.232. The number of hydrogen-bond donors (Lipinski definition) is 2. The number of nitrogens with one attached hydrogen (secondary N) is 2. The van der Waals surface area contributed by atoms with Crippen molar-refractivity contribution in [2.75, 3.05) is 18.4 Å². The van der Waals surface area contributed by atoms with Crippen LogP contribution in [0.2, 0.25) is 0 Å². The summed E-state index contributed by atoms with van der Waals surface area (Å²) in [6, 6.07) is 6.20. The van der Waals surface area contributed by atoms with Crippen molar-refractivity contribution >= 4 is 5.69 Å². The van der Waals surface area contributed by atoms with E-state index in [1.807, 2.05) is 0 Å². The van der Waals surface area contributed by atoms with E-state index in [1.54, 1.807) is 0 Å². The maximum atomic E-state index is 5.95. The molecule has 1 aromatic rings. The van der Waals surface area contributed by atoms with Gasteiger partial charge in [0.1, 0.15) is 5.75 Å². The van der Waals surface area contributed by atoms with E-state index in [0.717, 1.165) is 36.6 Å². The molecule has 1 atom stereocenters. The number of benzene rings is 1. The molecular weight excluding hydrogens is 212 g/mol. The van der Waals surface area contributed by atoms with Crippen molar-refractivity contribution in [3.05, 3.63) is 36.0 Å². The Balaban J connectivity index is 2.04. The lowest BCUT2D eigenvalue weighted by Gasteiger charge is -2.29. The third-order valence-corrected chi connectivity index (χ3v) is 2.87. The standard InChI is InChI=1S/C14H20N2O/c1-4-7-15-11(3)14-9-16-12-6-5-10(2)8-13(12)17-14/h5-6,8,14-16H,3-4,7,9H2,1-2H3. The predicted molar refractivity (Wildman–Crippen MR) is 71.5 cm³/mol. The van der Waals surface area contributed by atoms with Crippen molar-refractivity contribution < 1.29 is 4.74 Å². The van der Waals surface area contributed by atoms with E-state index in [1.165, 1.54) is 5.56 Å². The smallest absolute Gasteiger partial charge is 0.155 e. The number of fused-ring (bicyclic) bond motifs is 1. The van der Waals surface area contributed by atoms with Gasteiger partial charge >= 0.3 is 0 Å². The van der Waals surface area contributed by atoms with Crippen LogP contribution in [-0.4, -0.2) is 19.2 Å². The maximum Gasteiger partial charge on any atom is 0.155 e. The molecule has 0 amide bonds. The number of ether oxygens (including phenoxy) is 1. The Morgan fingerprint density at radius 2 is 2.41 bits per heavy atom. The second-order valence-corrected chi connectivity index (χ2v) is 4.44. The van der Waals surface area contributed by atoms with Crippen LogP contribution in [0.5, 0.6) is 5.75 Å². The zero-order valence-corrected chi connectivity index (χ0v) is 10.5. The average Bonchev–Trinajstić information content (AvgIpc) is 2.35. The lowest BCUT2D eigenvalue weighted by Crippen LogP contribution is -2.37. The van der Waals surface area contributed by atoms with Gasteiger partial charge in [-0.05, 0) is 31.0 Å². The van der Waals surface area contributed by atoms with Crippen LogP contribution in [-0.2, 0) is 0 Å². The number of anilines is 1. The first kappa shape index (κ1) is 11.8. The molecule has 3 heteroatoms. The fraction of sp³-hybridized carbons (Fsp3) is 0.429. The lowest BCUT2D eigenvalue weighted by atomic mass is 10.1. The Morgan fingerprint density at radius 1 is 1.59 bits per heavy atom. The summed E-state index contributed by atoms with van der Waals surface area (Å²) in [6.45, 7) is 9.95. The molecule has 0 fully saturated rings. The van der Waals surface area contributed by atoms with Crippen molar-refractivity contribution in [1.82, 2.24) is 5.32 Å². The molecule has 3 nitrogen and oxygen atoms in total. The first-order valence-electron chi connectivity index (χ1n) is 6.14. The molecule has 1 heterocycles. The van der Waals surface area contributed by atoms with E-state index in [2.05, 4.69) is 49.3 Å². The highest BCUT2D eigenvalue weighted by molar-refractivity contribution is 5.59. The Labute approximate surface area is 103 Å². The molecule has 0 bridgehead atoms. The van der Waals surface area contributed by atoms with Crippen LogP contribution in [0.3, 0.4) is 0 Å². The summed E-state index contributed by atoms with van der Waals surface area (Å²) >= 11 is 0. The van der Waals surface area contributed by atoms with Gasteiger partial charge in [0.25, 0.3) is 0 Å². The van der Waals surface area contributed by atoms with Crippen LogP contribution in [0, 0.1) is 6.92 Å². The summed E-state index contributed by atoms with van der Waals surface area (Å²) in [7, 11) is 0. The van der Waals surface area contributed by atoms with Gasteiger partial charge < -0.3 is 15.4 Å². The molecule has 0 radical (unpaired) electrons. The Hall–Kier alpha value is -1.64. The van der Waals surface area contributed by atoms with Gasteiger partial charge in [0.2, 0.25) is 0 Å². The van der Waals surface area contributed by atoms with Gasteiger partial charge in [-0.15, -0.1) is 0 Å². The predicted octanol–water partition coefficient (Wildman–Crippen LogP) is 2.68. The zero-order valence-electron chi connectivity index (χ0n) is 10.5. The highest BCUT2D eigenvalue weighted by atomic mass is 16.5. The molecule has 0 spiro atoms. The average molecular weight is 232 g/mol. The van der Waals surface area contributed by atoms with Gasteiger partial charge in [0, 0.05) is 12.2 Å². The molecule has 2 N–H and O–H groups in total. The fourth-order valence-electron chi connectivity index (χ4n) is 1.86. The van der Waals surface area contributed by atoms with Crippen LogP contribution in [0.25, 0.3) is 0 Å². The van der Waals surface area contributed by atoms with Gasteiger partial charge in [-0.25, -0.2) is 0 Å². The summed E-state index contributed by atoms with van der Waals surface area (Å²) in [5.74, 6) is 0.917. The largest absolute Gasteiger partial charge is 0.480 e. The first-order valence-corrected chi connectivity index (χ1v) is 6.14. The van der Waals surface area contributed by atoms with Crippen LogP contribution in [0.4, 0.5) is 5.69 Å². The van der Waals surface area contributed by atoms with Crippen molar-refractivity contribution in [2.45, 2.75) is 26.4 Å². The molecule has 0 aliphatic carbocycles. The Morgan fingerprint density at radius 3 is 3.18 bits per heavy atom. The van der Waals surface area contributed by atoms with Gasteiger partial charge in [-0.2, -0.15) is 0 Å². The van der Waals surface area contributed by atoms with Crippen molar-refractivity contribution in [3.63, 3.8) is 0 Å². The maximum absolute atomic E-state index is 5.95. The van der Waals surface area contributed by atoms with E-state index >= 15 is 0 Å². The molecule has 92 valence electrons. The minimum Gasteiger partial charge on any atom is -0.480 e. The van der Waals surface area contributed by atoms with Crippen molar-refractivity contribution in [1.29, 1.82) is 0 Å². The van der Waals surface area contributed by atoms with E-state index in [9.17, 15) is 0 Å². The quantitative estimate of drug-likeness (QED) is 0.837. The Kier molecular flexibility index (Phi) is 3.57. The number of aryl methyl sites for hydroxylation is 1. The Bertz CT molecular complexity index is 415. The second kappa shape index (κ2) is 5.13. The molecule has 2 rings (SSSR count). The van der Waals surface area contributed by atoms with Crippen LogP contribution < -0.4 is 15.4 Å². The van der Waals surface area contributed by atoms with Gasteiger partial charge in [0.05, 0.1) is 12.2 Å². The van der Waals surface area contributed by atoms with Gasteiger partial charge in [-0.1, -0.05) is 19.6 Å². The third-order valence-electron chi connectivity index (χ3n) is 2.87. The fourth-order valence-corrected chi connectivity index (χ4v) is 1.86. The molecule has 1 aliphatic heterocycles. The minimum atomic E-state index is 0.0100. The van der Waals surface area contributed by atoms with Crippen LogP contribution in [0.15, 0.2) is 30.5 Å². The minimum absolute atomic E-state index is 0.0100. The monoisotopic (exact) mass is 232 g/mol. The van der Waals surface area contributed by atoms with Crippen LogP contribution >= 0.6 is 0 Å². The first-order chi connectivity index (χ1) is 8.20. The number of rotatable bonds is 4. The summed E-state index contributed by atoms with van der Waals surface area (Å²) < 4.78 is 5.95. The third kappa shape index (κ3) is 2.73. The summed E-state index contributed by atoms with van der Waals surface area (Å²) in [5.41, 5.74) is 3.22. The van der Waals surface area contributed by atoms with Crippen LogP contribution in [0.1, 0.15) is 18.9 Å². The normalized spacial score (nSPS) is 17.6.